The Balaban J connectivity index is 1.40. The number of carbonyl (C=O) groups excluding carboxylic acids is 2. The second kappa shape index (κ2) is 10.3. The predicted octanol–water partition coefficient (Wildman–Crippen LogP) is 3.40. The average Bonchev–Trinajstić information content (AvgIpc) is 3.27. The van der Waals surface area contributed by atoms with E-state index in [1.165, 1.54) is 20.2 Å². The first-order valence-electron chi connectivity index (χ1n) is 13.1. The number of aromatic nitrogens is 2. The molecule has 0 aliphatic heterocycles. The van der Waals surface area contributed by atoms with Crippen LogP contribution in [0.2, 0.25) is 0 Å². The maximum absolute atomic E-state index is 13.4. The van der Waals surface area contributed by atoms with E-state index in [1.807, 2.05) is 14.1 Å². The van der Waals surface area contributed by atoms with Gasteiger partial charge in [0.1, 0.15) is 17.8 Å². The van der Waals surface area contributed by atoms with Crippen LogP contribution in [0.5, 0.6) is 5.75 Å². The number of alkyl halides is 3. The number of carbonyl (C=O) groups is 2. The highest BCUT2D eigenvalue weighted by Gasteiger charge is 2.69. The number of benzene rings is 2. The lowest BCUT2D eigenvalue weighted by molar-refractivity contribution is -0.156. The van der Waals surface area contributed by atoms with E-state index in [1.54, 1.807) is 24.3 Å². The molecule has 3 N–H and O–H groups in total. The van der Waals surface area contributed by atoms with Gasteiger partial charge in [-0.05, 0) is 63.7 Å². The molecule has 2 amide bonds. The van der Waals surface area contributed by atoms with Crippen LogP contribution in [0, 0.1) is 11.8 Å². The van der Waals surface area contributed by atoms with Gasteiger partial charge >= 0.3 is 6.18 Å². The van der Waals surface area contributed by atoms with Gasteiger partial charge in [0.2, 0.25) is 0 Å². The number of nitrogens with one attached hydrogen (secondary N) is 3. The number of fused-ring (bicyclic) bond motifs is 1. The summed E-state index contributed by atoms with van der Waals surface area (Å²) in [6, 6.07) is 8.00. The van der Waals surface area contributed by atoms with Crippen LogP contribution in [0.25, 0.3) is 11.0 Å². The lowest BCUT2D eigenvalue weighted by Gasteiger charge is -2.73. The van der Waals surface area contributed by atoms with Gasteiger partial charge in [0.25, 0.3) is 11.8 Å². The fraction of sp³-hybridized carbons (Fsp3) is 0.414. The number of anilines is 1. The number of hydrogen-bond donors (Lipinski definition) is 3. The third-order valence-corrected chi connectivity index (χ3v) is 7.94. The molecule has 3 aliphatic carbocycles. The van der Waals surface area contributed by atoms with Crippen molar-refractivity contribution in [2.75, 3.05) is 40.1 Å². The zero-order chi connectivity index (χ0) is 29.6. The number of rotatable bonds is 8. The van der Waals surface area contributed by atoms with Gasteiger partial charge in [-0.25, -0.2) is 4.98 Å². The highest BCUT2D eigenvalue weighted by molar-refractivity contribution is 6.06. The van der Waals surface area contributed by atoms with E-state index in [0.717, 1.165) is 30.2 Å². The molecule has 9 nitrogen and oxygen atoms in total. The van der Waals surface area contributed by atoms with Crippen LogP contribution in [0.15, 0.2) is 36.7 Å². The van der Waals surface area contributed by atoms with Crippen LogP contribution in [0.1, 0.15) is 45.5 Å². The Morgan fingerprint density at radius 1 is 1.15 bits per heavy atom. The minimum Gasteiger partial charge on any atom is -0.495 e. The molecular formula is C29H31F3N6O3. The monoisotopic (exact) mass is 568 g/mol. The molecule has 1 aromatic heterocycles. The molecule has 41 heavy (non-hydrogen) atoms. The summed E-state index contributed by atoms with van der Waals surface area (Å²) in [4.78, 5) is 31.7. The molecule has 6 rings (SSSR count). The van der Waals surface area contributed by atoms with Crippen LogP contribution in [-0.4, -0.2) is 78.3 Å². The molecule has 2 aromatic carbocycles. The number of methoxy groups -OCH3 is 1. The number of halogens is 3. The Kier molecular flexibility index (Phi) is 7.11. The molecule has 0 atom stereocenters. The smallest absolute Gasteiger partial charge is 0.406 e. The number of nitrogens with zero attached hydrogens (tertiary/aromatic N) is 3. The first kappa shape index (κ1) is 28.3. The Bertz CT molecular complexity index is 1560. The second-order valence-electron chi connectivity index (χ2n) is 10.9. The fourth-order valence-electron chi connectivity index (χ4n) is 5.79. The molecule has 3 aliphatic rings. The quantitative estimate of drug-likeness (QED) is 0.361. The van der Waals surface area contributed by atoms with Crippen LogP contribution in [0.3, 0.4) is 0 Å². The zero-order valence-corrected chi connectivity index (χ0v) is 23.2. The highest BCUT2D eigenvalue weighted by atomic mass is 19.4. The number of ether oxygens (including phenoxy) is 1. The maximum atomic E-state index is 13.4. The lowest BCUT2D eigenvalue weighted by Crippen LogP contribution is -2.82. The number of imidazole rings is 1. The fourth-order valence-corrected chi connectivity index (χ4v) is 5.79. The molecule has 3 saturated carbocycles. The largest absolute Gasteiger partial charge is 0.495 e. The van der Waals surface area contributed by atoms with Crippen molar-refractivity contribution in [1.29, 1.82) is 0 Å². The molecule has 0 saturated heterocycles. The molecular weight excluding hydrogens is 537 g/mol. The van der Waals surface area contributed by atoms with E-state index in [4.69, 9.17) is 4.74 Å². The molecule has 3 aromatic rings. The van der Waals surface area contributed by atoms with Crippen molar-refractivity contribution in [2.45, 2.75) is 43.1 Å². The highest BCUT2D eigenvalue weighted by Crippen LogP contribution is 2.62. The van der Waals surface area contributed by atoms with Crippen molar-refractivity contribution in [3.8, 4) is 17.6 Å². The molecule has 2 bridgehead atoms. The van der Waals surface area contributed by atoms with Crippen LogP contribution >= 0.6 is 0 Å². The normalized spacial score (nSPS) is 20.9. The number of amides is 2. The molecule has 12 heteroatoms. The van der Waals surface area contributed by atoms with Crippen LogP contribution in [-0.2, 0) is 6.54 Å². The minimum absolute atomic E-state index is 0.111. The average molecular weight is 569 g/mol. The molecule has 216 valence electrons. The first-order valence-corrected chi connectivity index (χ1v) is 13.1. The van der Waals surface area contributed by atoms with E-state index in [9.17, 15) is 22.8 Å². The van der Waals surface area contributed by atoms with Gasteiger partial charge in [-0.3, -0.25) is 9.59 Å². The summed E-state index contributed by atoms with van der Waals surface area (Å²) in [5, 5.41) is 8.77. The van der Waals surface area contributed by atoms with Crippen molar-refractivity contribution in [2.24, 2.45) is 0 Å². The molecule has 0 radical (unpaired) electrons. The van der Waals surface area contributed by atoms with E-state index in [0.29, 0.717) is 22.6 Å². The van der Waals surface area contributed by atoms with Gasteiger partial charge in [-0.15, -0.1) is 0 Å². The van der Waals surface area contributed by atoms with Crippen molar-refractivity contribution >= 4 is 28.5 Å². The van der Waals surface area contributed by atoms with E-state index >= 15 is 0 Å². The van der Waals surface area contributed by atoms with E-state index in [2.05, 4.69) is 37.7 Å². The third-order valence-electron chi connectivity index (χ3n) is 7.94. The van der Waals surface area contributed by atoms with Gasteiger partial charge in [0.15, 0.2) is 0 Å². The van der Waals surface area contributed by atoms with Crippen molar-refractivity contribution in [1.82, 2.24) is 25.1 Å². The summed E-state index contributed by atoms with van der Waals surface area (Å²) in [7, 11) is 7.08. The van der Waals surface area contributed by atoms with E-state index < -0.39 is 12.7 Å². The maximum Gasteiger partial charge on any atom is 0.406 e. The van der Waals surface area contributed by atoms with Gasteiger partial charge in [-0.2, -0.15) is 13.2 Å². The van der Waals surface area contributed by atoms with Gasteiger partial charge in [0.05, 0.1) is 36.7 Å². The van der Waals surface area contributed by atoms with Crippen LogP contribution in [0.4, 0.5) is 18.9 Å². The summed E-state index contributed by atoms with van der Waals surface area (Å²) in [6.07, 6.45) is -0.863. The topological polar surface area (TPSA) is 101 Å². The summed E-state index contributed by atoms with van der Waals surface area (Å²) in [5.74, 6) is 5.77. The Morgan fingerprint density at radius 2 is 1.88 bits per heavy atom. The van der Waals surface area contributed by atoms with E-state index in [-0.39, 0.29) is 46.0 Å². The first-order chi connectivity index (χ1) is 19.4. The molecule has 0 spiro atoms. The zero-order valence-electron chi connectivity index (χ0n) is 23.2. The van der Waals surface area contributed by atoms with Gasteiger partial charge in [-0.1, -0.05) is 11.8 Å². The molecule has 1 heterocycles. The van der Waals surface area contributed by atoms with Crippen molar-refractivity contribution < 1.29 is 27.5 Å². The Labute approximate surface area is 235 Å². The number of hydrogen-bond acceptors (Lipinski definition) is 6. The predicted molar refractivity (Wildman–Crippen MR) is 148 cm³/mol. The minimum atomic E-state index is -4.46. The summed E-state index contributed by atoms with van der Waals surface area (Å²) in [5.41, 5.74) is 1.73. The van der Waals surface area contributed by atoms with Crippen molar-refractivity contribution in [3.05, 3.63) is 53.3 Å². The standard InChI is InChI=1S/C29H31F3N6O3/c1-33-25(39)19-7-8-23(41-4)21(12-19)34-9-5-6-18-10-20(24-22(11-18)38(17-35-24)16-29(30,31)32)26(40)36-27-13-28(14-27,15-27)37(2)3/h7-8,10-12,17,34H,9,13-16H2,1-4H3,(H,33,39)(H,36,40). The molecule has 3 fully saturated rings. The Morgan fingerprint density at radius 3 is 2.51 bits per heavy atom. The van der Waals surface area contributed by atoms with Gasteiger partial charge in [0, 0.05) is 29.3 Å². The van der Waals surface area contributed by atoms with Crippen molar-refractivity contribution in [3.63, 3.8) is 0 Å². The third kappa shape index (κ3) is 5.41. The Hall–Kier alpha value is -4.24. The summed E-state index contributed by atoms with van der Waals surface area (Å²) in [6.45, 7) is -1.09. The lowest BCUT2D eigenvalue weighted by atomic mass is 9.43. The summed E-state index contributed by atoms with van der Waals surface area (Å²) >= 11 is 0. The molecule has 0 unspecified atom stereocenters. The second-order valence-corrected chi connectivity index (χ2v) is 10.9. The van der Waals surface area contributed by atoms with Crippen LogP contribution < -0.4 is 20.7 Å². The van der Waals surface area contributed by atoms with Gasteiger partial charge < -0.3 is 30.2 Å². The summed E-state index contributed by atoms with van der Waals surface area (Å²) < 4.78 is 46.1. The SMILES string of the molecule is CNC(=O)c1ccc(OC)c(NCC#Cc2cc(C(=O)NC34CC(N(C)C)(C3)C4)c3ncn(CC(F)(F)F)c3c2)c1.